The van der Waals surface area contributed by atoms with Crippen LogP contribution in [0.1, 0.15) is 12.0 Å². The fourth-order valence-electron chi connectivity index (χ4n) is 2.80. The second-order valence-corrected chi connectivity index (χ2v) is 5.51. The number of pyridine rings is 1. The molecule has 0 spiro atoms. The molecular formula is C16H21N5. The standard InChI is InChI=1S/C16H21N5/c1-20(16-18-8-3-9-19-16)15-6-11-21(13-15)10-5-14-4-2-7-17-12-14/h2-4,7-9,12,15H,5-6,10-11,13H2,1H3. The summed E-state index contributed by atoms with van der Waals surface area (Å²) < 4.78 is 0. The predicted molar refractivity (Wildman–Crippen MR) is 83.2 cm³/mol. The first-order chi connectivity index (χ1) is 10.3. The van der Waals surface area contributed by atoms with Crippen LogP contribution in [-0.2, 0) is 6.42 Å². The van der Waals surface area contributed by atoms with E-state index in [0.29, 0.717) is 6.04 Å². The summed E-state index contributed by atoms with van der Waals surface area (Å²) in [7, 11) is 2.09. The second kappa shape index (κ2) is 6.63. The summed E-state index contributed by atoms with van der Waals surface area (Å²) in [6.07, 6.45) is 9.61. The number of anilines is 1. The van der Waals surface area contributed by atoms with Gasteiger partial charge in [-0.1, -0.05) is 6.07 Å². The van der Waals surface area contributed by atoms with Crippen LogP contribution in [0.4, 0.5) is 5.95 Å². The van der Waals surface area contributed by atoms with Crippen molar-refractivity contribution in [2.45, 2.75) is 18.9 Å². The zero-order chi connectivity index (χ0) is 14.5. The Morgan fingerprint density at radius 3 is 2.86 bits per heavy atom. The van der Waals surface area contributed by atoms with Crippen molar-refractivity contribution in [2.24, 2.45) is 0 Å². The molecule has 3 heterocycles. The van der Waals surface area contributed by atoms with Gasteiger partial charge in [0.2, 0.25) is 5.95 Å². The highest BCUT2D eigenvalue weighted by Gasteiger charge is 2.26. The monoisotopic (exact) mass is 283 g/mol. The largest absolute Gasteiger partial charge is 0.340 e. The van der Waals surface area contributed by atoms with E-state index >= 15 is 0 Å². The highest BCUT2D eigenvalue weighted by molar-refractivity contribution is 5.29. The molecule has 110 valence electrons. The van der Waals surface area contributed by atoms with Crippen molar-refractivity contribution >= 4 is 5.95 Å². The summed E-state index contributed by atoms with van der Waals surface area (Å²) >= 11 is 0. The average Bonchev–Trinajstić information content (AvgIpc) is 3.03. The number of hydrogen-bond acceptors (Lipinski definition) is 5. The number of rotatable bonds is 5. The van der Waals surface area contributed by atoms with Crippen LogP contribution < -0.4 is 4.90 Å². The SMILES string of the molecule is CN(c1ncccn1)C1CCN(CCc2cccnc2)C1. The van der Waals surface area contributed by atoms with Gasteiger partial charge in [-0.25, -0.2) is 9.97 Å². The van der Waals surface area contributed by atoms with E-state index in [4.69, 9.17) is 0 Å². The van der Waals surface area contributed by atoms with E-state index in [2.05, 4.69) is 37.9 Å². The molecule has 21 heavy (non-hydrogen) atoms. The van der Waals surface area contributed by atoms with Crippen LogP contribution in [0.5, 0.6) is 0 Å². The molecule has 1 atom stereocenters. The number of likely N-dealkylation sites (N-methyl/N-ethyl adjacent to an activating group) is 1. The Labute approximate surface area is 125 Å². The molecule has 5 nitrogen and oxygen atoms in total. The fourth-order valence-corrected chi connectivity index (χ4v) is 2.80. The minimum atomic E-state index is 0.501. The number of likely N-dealkylation sites (tertiary alicyclic amines) is 1. The molecule has 0 saturated carbocycles. The molecule has 0 radical (unpaired) electrons. The Morgan fingerprint density at radius 1 is 1.24 bits per heavy atom. The van der Waals surface area contributed by atoms with E-state index in [1.54, 1.807) is 12.4 Å². The topological polar surface area (TPSA) is 45.2 Å². The lowest BCUT2D eigenvalue weighted by Gasteiger charge is -2.24. The van der Waals surface area contributed by atoms with Crippen molar-refractivity contribution in [1.82, 2.24) is 19.9 Å². The van der Waals surface area contributed by atoms with Crippen LogP contribution in [-0.4, -0.2) is 52.6 Å². The van der Waals surface area contributed by atoms with Gasteiger partial charge in [-0.2, -0.15) is 0 Å². The molecule has 5 heteroatoms. The van der Waals surface area contributed by atoms with Gasteiger partial charge in [0.1, 0.15) is 0 Å². The lowest BCUT2D eigenvalue weighted by atomic mass is 10.2. The Bertz CT molecular complexity index is 545. The number of aromatic nitrogens is 3. The minimum Gasteiger partial charge on any atom is -0.340 e. The van der Waals surface area contributed by atoms with E-state index in [0.717, 1.165) is 32.0 Å². The van der Waals surface area contributed by atoms with Crippen LogP contribution in [0, 0.1) is 0 Å². The van der Waals surface area contributed by atoms with Crippen LogP contribution in [0.15, 0.2) is 43.0 Å². The van der Waals surface area contributed by atoms with Crippen molar-refractivity contribution in [3.63, 3.8) is 0 Å². The molecule has 0 aliphatic carbocycles. The van der Waals surface area contributed by atoms with Crippen LogP contribution in [0.3, 0.4) is 0 Å². The molecule has 1 aliphatic heterocycles. The quantitative estimate of drug-likeness (QED) is 0.834. The summed E-state index contributed by atoms with van der Waals surface area (Å²) in [5.41, 5.74) is 1.31. The third-order valence-corrected chi connectivity index (χ3v) is 4.10. The lowest BCUT2D eigenvalue weighted by Crippen LogP contribution is -2.36. The third kappa shape index (κ3) is 3.55. The fraction of sp³-hybridized carbons (Fsp3) is 0.438. The van der Waals surface area contributed by atoms with Gasteiger partial charge < -0.3 is 9.80 Å². The van der Waals surface area contributed by atoms with Crippen molar-refractivity contribution in [2.75, 3.05) is 31.6 Å². The van der Waals surface area contributed by atoms with Gasteiger partial charge in [-0.15, -0.1) is 0 Å². The van der Waals surface area contributed by atoms with E-state index in [-0.39, 0.29) is 0 Å². The smallest absolute Gasteiger partial charge is 0.225 e. The van der Waals surface area contributed by atoms with Crippen molar-refractivity contribution in [3.05, 3.63) is 48.5 Å². The first-order valence-corrected chi connectivity index (χ1v) is 7.44. The first kappa shape index (κ1) is 13.9. The van der Waals surface area contributed by atoms with Gasteiger partial charge in [0, 0.05) is 57.5 Å². The Kier molecular flexibility index (Phi) is 4.40. The van der Waals surface area contributed by atoms with Crippen LogP contribution >= 0.6 is 0 Å². The molecule has 0 bridgehead atoms. The van der Waals surface area contributed by atoms with E-state index in [1.807, 2.05) is 24.5 Å². The Hall–Kier alpha value is -2.01. The normalized spacial score (nSPS) is 18.8. The maximum absolute atomic E-state index is 4.33. The van der Waals surface area contributed by atoms with Crippen LogP contribution in [0.2, 0.25) is 0 Å². The van der Waals surface area contributed by atoms with Gasteiger partial charge in [-0.05, 0) is 30.5 Å². The number of hydrogen-bond donors (Lipinski definition) is 0. The second-order valence-electron chi connectivity index (χ2n) is 5.51. The highest BCUT2D eigenvalue weighted by Crippen LogP contribution is 2.18. The highest BCUT2D eigenvalue weighted by atomic mass is 15.3. The molecule has 0 N–H and O–H groups in total. The predicted octanol–water partition coefficient (Wildman–Crippen LogP) is 1.62. The van der Waals surface area contributed by atoms with E-state index in [9.17, 15) is 0 Å². The molecule has 1 aliphatic rings. The van der Waals surface area contributed by atoms with E-state index in [1.165, 1.54) is 12.0 Å². The molecule has 1 fully saturated rings. The van der Waals surface area contributed by atoms with Gasteiger partial charge in [0.05, 0.1) is 0 Å². The summed E-state index contributed by atoms with van der Waals surface area (Å²) in [6.45, 7) is 3.31. The Morgan fingerprint density at radius 2 is 2.10 bits per heavy atom. The molecule has 1 saturated heterocycles. The molecule has 0 aromatic carbocycles. The molecule has 2 aromatic rings. The van der Waals surface area contributed by atoms with Gasteiger partial charge >= 0.3 is 0 Å². The average molecular weight is 283 g/mol. The van der Waals surface area contributed by atoms with Crippen LogP contribution in [0.25, 0.3) is 0 Å². The summed E-state index contributed by atoms with van der Waals surface area (Å²) in [4.78, 5) is 17.5. The lowest BCUT2D eigenvalue weighted by molar-refractivity contribution is 0.337. The summed E-state index contributed by atoms with van der Waals surface area (Å²) in [6, 6.07) is 6.50. The molecule has 3 rings (SSSR count). The molecular weight excluding hydrogens is 262 g/mol. The van der Waals surface area contributed by atoms with Crippen molar-refractivity contribution in [3.8, 4) is 0 Å². The zero-order valence-electron chi connectivity index (χ0n) is 12.4. The first-order valence-electron chi connectivity index (χ1n) is 7.44. The maximum Gasteiger partial charge on any atom is 0.225 e. The summed E-state index contributed by atoms with van der Waals surface area (Å²) in [5.74, 6) is 0.816. The van der Waals surface area contributed by atoms with Gasteiger partial charge in [-0.3, -0.25) is 4.98 Å². The Balaban J connectivity index is 1.51. The molecule has 2 aromatic heterocycles. The number of nitrogens with zero attached hydrogens (tertiary/aromatic N) is 5. The van der Waals surface area contributed by atoms with Gasteiger partial charge in [0.15, 0.2) is 0 Å². The molecule has 0 amide bonds. The van der Waals surface area contributed by atoms with Crippen molar-refractivity contribution in [1.29, 1.82) is 0 Å². The maximum atomic E-state index is 4.33. The third-order valence-electron chi connectivity index (χ3n) is 4.10. The van der Waals surface area contributed by atoms with Crippen molar-refractivity contribution < 1.29 is 0 Å². The van der Waals surface area contributed by atoms with Gasteiger partial charge in [0.25, 0.3) is 0 Å². The molecule has 1 unspecified atom stereocenters. The minimum absolute atomic E-state index is 0.501. The van der Waals surface area contributed by atoms with E-state index < -0.39 is 0 Å². The zero-order valence-corrected chi connectivity index (χ0v) is 12.4. The summed E-state index contributed by atoms with van der Waals surface area (Å²) in [5, 5.41) is 0.